The number of benzene rings is 1. The van der Waals surface area contributed by atoms with E-state index in [0.717, 1.165) is 0 Å². The van der Waals surface area contributed by atoms with Crippen LogP contribution in [0.5, 0.6) is 0 Å². The van der Waals surface area contributed by atoms with Crippen molar-refractivity contribution in [1.82, 2.24) is 0 Å². The van der Waals surface area contributed by atoms with Crippen LogP contribution in [0.4, 0.5) is 5.69 Å². The van der Waals surface area contributed by atoms with E-state index >= 15 is 0 Å². The maximum atomic E-state index is 10.7. The Morgan fingerprint density at radius 2 is 2.20 bits per heavy atom. The van der Waals surface area contributed by atoms with E-state index in [1.165, 1.54) is 6.07 Å². The molecular weight excluding hydrogens is 194 g/mol. The SMILES string of the molecule is CCOC=CCc1ccccc1[N+](=O)[O-]. The lowest BCUT2D eigenvalue weighted by atomic mass is 10.1. The molecule has 0 aliphatic rings. The van der Waals surface area contributed by atoms with Crippen molar-refractivity contribution in [3.63, 3.8) is 0 Å². The van der Waals surface area contributed by atoms with Crippen LogP contribution in [0.2, 0.25) is 0 Å². The van der Waals surface area contributed by atoms with Crippen LogP contribution < -0.4 is 0 Å². The number of allylic oxidation sites excluding steroid dienone is 1. The fourth-order valence-electron chi connectivity index (χ4n) is 1.20. The van der Waals surface area contributed by atoms with Crippen LogP contribution in [0.3, 0.4) is 0 Å². The lowest BCUT2D eigenvalue weighted by Crippen LogP contribution is -1.93. The van der Waals surface area contributed by atoms with Gasteiger partial charge in [-0.25, -0.2) is 0 Å². The highest BCUT2D eigenvalue weighted by atomic mass is 16.6. The molecule has 4 heteroatoms. The lowest BCUT2D eigenvalue weighted by Gasteiger charge is -1.98. The van der Waals surface area contributed by atoms with E-state index in [1.807, 2.05) is 6.92 Å². The topological polar surface area (TPSA) is 52.4 Å². The molecule has 1 aromatic carbocycles. The monoisotopic (exact) mass is 207 g/mol. The third-order valence-corrected chi connectivity index (χ3v) is 1.89. The number of nitrogens with zero attached hydrogens (tertiary/aromatic N) is 1. The second-order valence-corrected chi connectivity index (χ2v) is 2.92. The average Bonchev–Trinajstić information content (AvgIpc) is 2.25. The summed E-state index contributed by atoms with van der Waals surface area (Å²) < 4.78 is 5.01. The van der Waals surface area contributed by atoms with Crippen molar-refractivity contribution in [3.05, 3.63) is 52.3 Å². The summed E-state index contributed by atoms with van der Waals surface area (Å²) in [6.45, 7) is 2.49. The van der Waals surface area contributed by atoms with Crippen molar-refractivity contribution in [2.75, 3.05) is 6.61 Å². The van der Waals surface area contributed by atoms with Gasteiger partial charge in [0.25, 0.3) is 5.69 Å². The predicted molar refractivity (Wildman–Crippen MR) is 57.6 cm³/mol. The Labute approximate surface area is 88.3 Å². The van der Waals surface area contributed by atoms with Gasteiger partial charge in [0.05, 0.1) is 17.8 Å². The first-order chi connectivity index (χ1) is 7.25. The molecule has 0 saturated carbocycles. The van der Waals surface area contributed by atoms with E-state index in [0.29, 0.717) is 18.6 Å². The molecule has 0 aliphatic carbocycles. The van der Waals surface area contributed by atoms with Crippen molar-refractivity contribution in [1.29, 1.82) is 0 Å². The van der Waals surface area contributed by atoms with Crippen molar-refractivity contribution < 1.29 is 9.66 Å². The number of nitro benzene ring substituents is 1. The molecule has 0 aromatic heterocycles. The van der Waals surface area contributed by atoms with Crippen LogP contribution in [0.15, 0.2) is 36.6 Å². The van der Waals surface area contributed by atoms with Crippen LogP contribution in [-0.4, -0.2) is 11.5 Å². The number of hydrogen-bond donors (Lipinski definition) is 0. The van der Waals surface area contributed by atoms with Crippen LogP contribution in [0.1, 0.15) is 12.5 Å². The maximum absolute atomic E-state index is 10.7. The van der Waals surface area contributed by atoms with Crippen LogP contribution in [0, 0.1) is 10.1 Å². The van der Waals surface area contributed by atoms with Gasteiger partial charge in [-0.1, -0.05) is 18.2 Å². The third-order valence-electron chi connectivity index (χ3n) is 1.89. The fourth-order valence-corrected chi connectivity index (χ4v) is 1.20. The first kappa shape index (κ1) is 11.2. The van der Waals surface area contributed by atoms with E-state index < -0.39 is 0 Å². The summed E-state index contributed by atoms with van der Waals surface area (Å²) in [4.78, 5) is 10.3. The Bertz CT molecular complexity index is 361. The molecule has 0 amide bonds. The second kappa shape index (κ2) is 5.80. The van der Waals surface area contributed by atoms with Gasteiger partial charge in [0.2, 0.25) is 0 Å². The second-order valence-electron chi connectivity index (χ2n) is 2.92. The van der Waals surface area contributed by atoms with Gasteiger partial charge in [0.15, 0.2) is 0 Å². The lowest BCUT2D eigenvalue weighted by molar-refractivity contribution is -0.385. The predicted octanol–water partition coefficient (Wildman–Crippen LogP) is 2.69. The zero-order valence-electron chi connectivity index (χ0n) is 8.55. The number of ether oxygens (including phenoxy) is 1. The fraction of sp³-hybridized carbons (Fsp3) is 0.273. The maximum Gasteiger partial charge on any atom is 0.272 e. The molecular formula is C11H13NO3. The average molecular weight is 207 g/mol. The Morgan fingerprint density at radius 1 is 1.47 bits per heavy atom. The molecule has 1 rings (SSSR count). The molecule has 0 saturated heterocycles. The highest BCUT2D eigenvalue weighted by Gasteiger charge is 2.09. The molecule has 15 heavy (non-hydrogen) atoms. The van der Waals surface area contributed by atoms with E-state index in [1.54, 1.807) is 30.5 Å². The Balaban J connectivity index is 2.71. The van der Waals surface area contributed by atoms with E-state index in [9.17, 15) is 10.1 Å². The van der Waals surface area contributed by atoms with Crippen molar-refractivity contribution in [3.8, 4) is 0 Å². The first-order valence-corrected chi connectivity index (χ1v) is 4.74. The van der Waals surface area contributed by atoms with Gasteiger partial charge in [-0.3, -0.25) is 10.1 Å². The molecule has 0 bridgehead atoms. The molecule has 0 radical (unpaired) electrons. The molecule has 0 unspecified atom stereocenters. The van der Waals surface area contributed by atoms with Crippen LogP contribution in [0.25, 0.3) is 0 Å². The molecule has 4 nitrogen and oxygen atoms in total. The highest BCUT2D eigenvalue weighted by Crippen LogP contribution is 2.18. The normalized spacial score (nSPS) is 10.5. The van der Waals surface area contributed by atoms with Crippen LogP contribution in [-0.2, 0) is 11.2 Å². The van der Waals surface area contributed by atoms with Gasteiger partial charge < -0.3 is 4.74 Å². The van der Waals surface area contributed by atoms with E-state index in [-0.39, 0.29) is 10.6 Å². The minimum Gasteiger partial charge on any atom is -0.502 e. The molecule has 0 N–H and O–H groups in total. The van der Waals surface area contributed by atoms with E-state index in [4.69, 9.17) is 4.74 Å². The largest absolute Gasteiger partial charge is 0.502 e. The van der Waals surface area contributed by atoms with Crippen LogP contribution >= 0.6 is 0 Å². The molecule has 1 aromatic rings. The highest BCUT2D eigenvalue weighted by molar-refractivity contribution is 5.40. The molecule has 0 heterocycles. The minimum atomic E-state index is -0.371. The van der Waals surface area contributed by atoms with Gasteiger partial charge in [0.1, 0.15) is 0 Å². The minimum absolute atomic E-state index is 0.152. The van der Waals surface area contributed by atoms with Gasteiger partial charge in [-0.05, 0) is 13.0 Å². The quantitative estimate of drug-likeness (QED) is 0.423. The molecule has 0 aliphatic heterocycles. The summed E-state index contributed by atoms with van der Waals surface area (Å²) in [5.74, 6) is 0. The van der Waals surface area contributed by atoms with Gasteiger partial charge in [0, 0.05) is 18.1 Å². The van der Waals surface area contributed by atoms with Gasteiger partial charge in [-0.15, -0.1) is 0 Å². The number of rotatable bonds is 5. The number of nitro groups is 1. The third kappa shape index (κ3) is 3.42. The van der Waals surface area contributed by atoms with Gasteiger partial charge >= 0.3 is 0 Å². The Morgan fingerprint density at radius 3 is 2.87 bits per heavy atom. The number of para-hydroxylation sites is 1. The standard InChI is InChI=1S/C11H13NO3/c1-2-15-9-5-7-10-6-3-4-8-11(10)12(13)14/h3-6,8-9H,2,7H2,1H3. The summed E-state index contributed by atoms with van der Waals surface area (Å²) in [6.07, 6.45) is 3.85. The van der Waals surface area contributed by atoms with Crippen molar-refractivity contribution >= 4 is 5.69 Å². The molecule has 0 atom stereocenters. The van der Waals surface area contributed by atoms with E-state index in [2.05, 4.69) is 0 Å². The van der Waals surface area contributed by atoms with Crippen molar-refractivity contribution in [2.24, 2.45) is 0 Å². The van der Waals surface area contributed by atoms with Gasteiger partial charge in [-0.2, -0.15) is 0 Å². The smallest absolute Gasteiger partial charge is 0.272 e. The Kier molecular flexibility index (Phi) is 4.34. The number of hydrogen-bond acceptors (Lipinski definition) is 3. The summed E-state index contributed by atoms with van der Waals surface area (Å²) in [6, 6.07) is 6.70. The first-order valence-electron chi connectivity index (χ1n) is 4.74. The Hall–Kier alpha value is -1.84. The molecule has 80 valence electrons. The summed E-state index contributed by atoms with van der Waals surface area (Å²) in [7, 11) is 0. The zero-order chi connectivity index (χ0) is 11.1. The summed E-state index contributed by atoms with van der Waals surface area (Å²) in [5.41, 5.74) is 0.845. The molecule has 0 fully saturated rings. The molecule has 0 spiro atoms. The van der Waals surface area contributed by atoms with Crippen molar-refractivity contribution in [2.45, 2.75) is 13.3 Å². The zero-order valence-corrected chi connectivity index (χ0v) is 8.55. The summed E-state index contributed by atoms with van der Waals surface area (Å²) in [5, 5.41) is 10.7. The summed E-state index contributed by atoms with van der Waals surface area (Å²) >= 11 is 0.